The normalized spacial score (nSPS) is 8.00. The fourth-order valence-electron chi connectivity index (χ4n) is 0.337. The van der Waals surface area contributed by atoms with E-state index in [1.807, 2.05) is 0 Å². The first kappa shape index (κ1) is 7.36. The van der Waals surface area contributed by atoms with Crippen LogP contribution >= 0.6 is 0 Å². The molecule has 0 amide bonds. The molecule has 0 nitrogen and oxygen atoms in total. The van der Waals surface area contributed by atoms with E-state index >= 15 is 0 Å². The Morgan fingerprint density at radius 2 is 2.43 bits per heavy atom. The zero-order valence-electron chi connectivity index (χ0n) is 4.70. The topological polar surface area (TPSA) is 0 Å². The molecule has 0 aliphatic heterocycles. The molecule has 0 fully saturated rings. The Kier molecular flexibility index (Phi) is 6.68. The van der Waals surface area contributed by atoms with E-state index in [1.165, 1.54) is 17.3 Å². The van der Waals surface area contributed by atoms with Crippen LogP contribution in [0.25, 0.3) is 0 Å². The number of hydrogen-bond donors (Lipinski definition) is 0. The van der Waals surface area contributed by atoms with Crippen molar-refractivity contribution in [1.82, 2.24) is 0 Å². The van der Waals surface area contributed by atoms with E-state index in [0.29, 0.717) is 0 Å². The van der Waals surface area contributed by atoms with Crippen molar-refractivity contribution in [3.8, 4) is 10.4 Å². The summed E-state index contributed by atoms with van der Waals surface area (Å²) in [5, 5.41) is 0. The van der Waals surface area contributed by atoms with E-state index in [2.05, 4.69) is 10.9 Å². The van der Waals surface area contributed by atoms with E-state index in [1.54, 1.807) is 0 Å². The summed E-state index contributed by atoms with van der Waals surface area (Å²) in [6.45, 7) is 2.20. The first-order valence-electron chi connectivity index (χ1n) is 2.60. The van der Waals surface area contributed by atoms with Crippen molar-refractivity contribution in [2.75, 3.05) is 0 Å². The third-order valence-corrected chi connectivity index (χ3v) is 3.06. The van der Waals surface area contributed by atoms with Gasteiger partial charge in [0.1, 0.15) is 0 Å². The van der Waals surface area contributed by atoms with Crippen molar-refractivity contribution >= 4 is 21.1 Å². The number of terminal acetylenes is 1. The standard InChI is InChI=1S/C4H9.C2H.Sn/c1-3-4-2;1-2;/h1,3-4H2,2H3;1H;. The Morgan fingerprint density at radius 3 is 2.86 bits per heavy atom. The molecule has 0 aliphatic rings. The fraction of sp³-hybridized carbons (Fsp3) is 0.667. The first-order chi connectivity index (χ1) is 3.41. The van der Waals surface area contributed by atoms with Crippen LogP contribution in [0.2, 0.25) is 4.44 Å². The van der Waals surface area contributed by atoms with E-state index in [0.717, 1.165) is 0 Å². The molecule has 0 saturated carbocycles. The zero-order valence-corrected chi connectivity index (χ0v) is 7.55. The zero-order chi connectivity index (χ0) is 5.54. The summed E-state index contributed by atoms with van der Waals surface area (Å²) in [7, 11) is 0. The molecule has 0 aliphatic carbocycles. The van der Waals surface area contributed by atoms with Gasteiger partial charge in [-0.1, -0.05) is 0 Å². The van der Waals surface area contributed by atoms with Gasteiger partial charge in [-0.25, -0.2) is 0 Å². The minimum atomic E-state index is -0.289. The summed E-state index contributed by atoms with van der Waals surface area (Å²) in [6, 6.07) is 0. The Labute approximate surface area is 55.9 Å². The fourth-order valence-corrected chi connectivity index (χ4v) is 2.26. The van der Waals surface area contributed by atoms with Crippen LogP contribution in [-0.2, 0) is 0 Å². The Balaban J connectivity index is 2.60. The van der Waals surface area contributed by atoms with Gasteiger partial charge in [-0.3, -0.25) is 0 Å². The molecule has 0 saturated heterocycles. The average molecular weight is 201 g/mol. The van der Waals surface area contributed by atoms with E-state index in [-0.39, 0.29) is 21.1 Å². The van der Waals surface area contributed by atoms with Crippen LogP contribution in [0.3, 0.4) is 0 Å². The third-order valence-electron chi connectivity index (χ3n) is 0.757. The molecule has 0 heterocycles. The quantitative estimate of drug-likeness (QED) is 0.368. The molecule has 0 aromatic rings. The van der Waals surface area contributed by atoms with Crippen molar-refractivity contribution in [2.45, 2.75) is 24.2 Å². The van der Waals surface area contributed by atoms with Crippen LogP contribution in [0.1, 0.15) is 19.8 Å². The molecule has 2 radical (unpaired) electrons. The predicted octanol–water partition coefficient (Wildman–Crippen LogP) is 1.50. The van der Waals surface area contributed by atoms with Gasteiger partial charge in [-0.05, 0) is 0 Å². The molecule has 0 N–H and O–H groups in total. The Morgan fingerprint density at radius 1 is 1.71 bits per heavy atom. The van der Waals surface area contributed by atoms with Crippen molar-refractivity contribution in [3.05, 3.63) is 0 Å². The summed E-state index contributed by atoms with van der Waals surface area (Å²) in [6.07, 6.45) is 7.76. The van der Waals surface area contributed by atoms with Gasteiger partial charge in [0.15, 0.2) is 0 Å². The van der Waals surface area contributed by atoms with Gasteiger partial charge in [0.25, 0.3) is 0 Å². The molecule has 0 unspecified atom stereocenters. The third kappa shape index (κ3) is 6.36. The van der Waals surface area contributed by atoms with E-state index < -0.39 is 0 Å². The van der Waals surface area contributed by atoms with Gasteiger partial charge >= 0.3 is 55.7 Å². The number of rotatable bonds is 3. The molecule has 0 bridgehead atoms. The first-order valence-corrected chi connectivity index (χ1v) is 6.04. The van der Waals surface area contributed by atoms with Gasteiger partial charge in [-0.2, -0.15) is 0 Å². The van der Waals surface area contributed by atoms with Crippen molar-refractivity contribution in [3.63, 3.8) is 0 Å². The molecule has 0 spiro atoms. The van der Waals surface area contributed by atoms with Gasteiger partial charge in [0, 0.05) is 0 Å². The van der Waals surface area contributed by atoms with Crippen LogP contribution in [0.15, 0.2) is 0 Å². The van der Waals surface area contributed by atoms with Crippen molar-refractivity contribution < 1.29 is 0 Å². The van der Waals surface area contributed by atoms with E-state index in [4.69, 9.17) is 6.42 Å². The van der Waals surface area contributed by atoms with Gasteiger partial charge < -0.3 is 0 Å². The molecule has 0 rings (SSSR count). The van der Waals surface area contributed by atoms with Gasteiger partial charge in [-0.15, -0.1) is 0 Å². The van der Waals surface area contributed by atoms with Crippen molar-refractivity contribution in [1.29, 1.82) is 0 Å². The molecule has 38 valence electrons. The van der Waals surface area contributed by atoms with Crippen LogP contribution < -0.4 is 0 Å². The molecule has 1 heteroatoms. The minimum absolute atomic E-state index is 0.289. The van der Waals surface area contributed by atoms with Crippen molar-refractivity contribution in [2.24, 2.45) is 0 Å². The van der Waals surface area contributed by atoms with Gasteiger partial charge in [0.05, 0.1) is 0 Å². The summed E-state index contributed by atoms with van der Waals surface area (Å²) >= 11 is -0.289. The maximum atomic E-state index is 5.09. The second-order valence-electron chi connectivity index (χ2n) is 1.42. The van der Waals surface area contributed by atoms with Crippen LogP contribution in [0, 0.1) is 10.4 Å². The molecule has 0 aromatic carbocycles. The average Bonchev–Trinajstić information content (AvgIpc) is 1.69. The molecule has 7 heavy (non-hydrogen) atoms. The molecular formula is C6H10Sn. The number of hydrogen-bond acceptors (Lipinski definition) is 0. The van der Waals surface area contributed by atoms with E-state index in [9.17, 15) is 0 Å². The number of unbranched alkanes of at least 4 members (excludes halogenated alkanes) is 1. The Bertz CT molecular complexity index is 61.1. The van der Waals surface area contributed by atoms with Crippen LogP contribution in [0.4, 0.5) is 0 Å². The summed E-state index contributed by atoms with van der Waals surface area (Å²) in [5.41, 5.74) is 0. The molecular weight excluding hydrogens is 191 g/mol. The van der Waals surface area contributed by atoms with Crippen LogP contribution in [0.5, 0.6) is 0 Å². The second-order valence-corrected chi connectivity index (χ2v) is 4.68. The second kappa shape index (κ2) is 6.36. The molecule has 0 aromatic heterocycles. The maximum absolute atomic E-state index is 5.09. The molecule has 0 atom stereocenters. The monoisotopic (exact) mass is 202 g/mol. The Hall–Kier alpha value is 0.359. The summed E-state index contributed by atoms with van der Waals surface area (Å²) in [4.78, 5) is 0. The summed E-state index contributed by atoms with van der Waals surface area (Å²) in [5.74, 6) is 0. The van der Waals surface area contributed by atoms with Gasteiger partial charge in [0.2, 0.25) is 0 Å². The SMILES string of the molecule is C#[C][Sn][CH2]CCC. The predicted molar refractivity (Wildman–Crippen MR) is 34.3 cm³/mol. The summed E-state index contributed by atoms with van der Waals surface area (Å²) < 4.78 is 4.14. The van der Waals surface area contributed by atoms with Crippen LogP contribution in [-0.4, -0.2) is 21.1 Å².